The molecule has 0 aliphatic rings. The van der Waals surface area contributed by atoms with Gasteiger partial charge in [-0.3, -0.25) is 9.59 Å². The van der Waals surface area contributed by atoms with Crippen LogP contribution < -0.4 is 10.9 Å². The maximum Gasteiger partial charge on any atom is 0.328 e. The van der Waals surface area contributed by atoms with E-state index in [1.54, 1.807) is 24.3 Å². The van der Waals surface area contributed by atoms with E-state index >= 15 is 0 Å². The van der Waals surface area contributed by atoms with Gasteiger partial charge in [0.05, 0.1) is 6.61 Å². The molecule has 1 atom stereocenters. The van der Waals surface area contributed by atoms with Gasteiger partial charge in [0, 0.05) is 21.9 Å². The maximum atomic E-state index is 12.1. The molecule has 0 radical (unpaired) electrons. The van der Waals surface area contributed by atoms with Crippen LogP contribution in [0.2, 0.25) is 0 Å². The van der Waals surface area contributed by atoms with Gasteiger partial charge in [0.1, 0.15) is 0 Å². The number of benzene rings is 2. The summed E-state index contributed by atoms with van der Waals surface area (Å²) >= 11 is 0. The van der Waals surface area contributed by atoms with Gasteiger partial charge in [0.15, 0.2) is 6.04 Å². The van der Waals surface area contributed by atoms with Crippen molar-refractivity contribution >= 4 is 33.6 Å². The SMILES string of the molecule is O=C(NC(CO)C(=O)O)c1ccc2c(c1)[nH]c(=O)c1ccccc12. The zero-order chi connectivity index (χ0) is 17.3. The first-order valence-corrected chi connectivity index (χ1v) is 7.20. The maximum absolute atomic E-state index is 12.1. The van der Waals surface area contributed by atoms with Crippen molar-refractivity contribution in [1.29, 1.82) is 0 Å². The first kappa shape index (κ1) is 15.7. The Kier molecular flexibility index (Phi) is 4.01. The van der Waals surface area contributed by atoms with Crippen molar-refractivity contribution in [2.75, 3.05) is 6.61 Å². The summed E-state index contributed by atoms with van der Waals surface area (Å²) in [5.41, 5.74) is 0.393. The Labute approximate surface area is 135 Å². The summed E-state index contributed by atoms with van der Waals surface area (Å²) in [5.74, 6) is -1.97. The standard InChI is InChI=1S/C17H14N2O5/c20-8-14(17(23)24)19-15(21)9-5-6-11-10-3-1-2-4-12(10)16(22)18-13(11)7-9/h1-7,14,20H,8H2,(H,18,22)(H,19,21)(H,23,24). The molecule has 1 amide bonds. The monoisotopic (exact) mass is 326 g/mol. The number of carbonyl (C=O) groups is 2. The fourth-order valence-electron chi connectivity index (χ4n) is 2.56. The molecule has 3 aromatic rings. The minimum absolute atomic E-state index is 0.188. The number of carbonyl (C=O) groups excluding carboxylic acids is 1. The van der Waals surface area contributed by atoms with Crippen LogP contribution in [-0.4, -0.2) is 39.7 Å². The summed E-state index contributed by atoms with van der Waals surface area (Å²) in [6, 6.07) is 10.5. The molecule has 0 spiro atoms. The molecule has 0 saturated carbocycles. The van der Waals surface area contributed by atoms with E-state index in [-0.39, 0.29) is 11.1 Å². The molecule has 1 aromatic heterocycles. The van der Waals surface area contributed by atoms with Crippen LogP contribution in [-0.2, 0) is 4.79 Å². The van der Waals surface area contributed by atoms with Crippen molar-refractivity contribution < 1.29 is 19.8 Å². The smallest absolute Gasteiger partial charge is 0.328 e. The summed E-state index contributed by atoms with van der Waals surface area (Å²) < 4.78 is 0. The molecule has 122 valence electrons. The van der Waals surface area contributed by atoms with Crippen LogP contribution >= 0.6 is 0 Å². The number of aromatic amines is 1. The predicted molar refractivity (Wildman–Crippen MR) is 88.1 cm³/mol. The number of nitrogens with one attached hydrogen (secondary N) is 2. The lowest BCUT2D eigenvalue weighted by Gasteiger charge is -2.12. The highest BCUT2D eigenvalue weighted by Gasteiger charge is 2.19. The molecular weight excluding hydrogens is 312 g/mol. The first-order chi connectivity index (χ1) is 11.5. The molecule has 7 nitrogen and oxygen atoms in total. The number of pyridine rings is 1. The van der Waals surface area contributed by atoms with Gasteiger partial charge in [0.25, 0.3) is 11.5 Å². The molecule has 0 bridgehead atoms. The highest BCUT2D eigenvalue weighted by Crippen LogP contribution is 2.21. The van der Waals surface area contributed by atoms with E-state index < -0.39 is 24.5 Å². The Balaban J connectivity index is 2.06. The molecule has 1 unspecified atom stereocenters. The van der Waals surface area contributed by atoms with E-state index in [1.165, 1.54) is 6.07 Å². The summed E-state index contributed by atoms with van der Waals surface area (Å²) in [6.07, 6.45) is 0. The molecule has 0 aliphatic heterocycles. The van der Waals surface area contributed by atoms with E-state index in [1.807, 2.05) is 12.1 Å². The fourth-order valence-corrected chi connectivity index (χ4v) is 2.56. The lowest BCUT2D eigenvalue weighted by Crippen LogP contribution is -2.43. The van der Waals surface area contributed by atoms with Crippen LogP contribution in [0, 0.1) is 0 Å². The van der Waals surface area contributed by atoms with E-state index in [9.17, 15) is 14.4 Å². The normalized spacial score (nSPS) is 12.2. The van der Waals surface area contributed by atoms with Crippen molar-refractivity contribution in [2.24, 2.45) is 0 Å². The third-order valence-electron chi connectivity index (χ3n) is 3.78. The largest absolute Gasteiger partial charge is 0.480 e. The van der Waals surface area contributed by atoms with Crippen LogP contribution in [0.3, 0.4) is 0 Å². The molecule has 2 aromatic carbocycles. The van der Waals surface area contributed by atoms with Gasteiger partial charge in [-0.05, 0) is 23.6 Å². The fraction of sp³-hybridized carbons (Fsp3) is 0.118. The number of H-pyrrole nitrogens is 1. The van der Waals surface area contributed by atoms with Crippen LogP contribution in [0.4, 0.5) is 0 Å². The van der Waals surface area contributed by atoms with Crippen LogP contribution in [0.5, 0.6) is 0 Å². The van der Waals surface area contributed by atoms with Crippen molar-refractivity contribution in [3.63, 3.8) is 0 Å². The number of aliphatic hydroxyl groups excluding tert-OH is 1. The van der Waals surface area contributed by atoms with Gasteiger partial charge in [0.2, 0.25) is 0 Å². The third-order valence-corrected chi connectivity index (χ3v) is 3.78. The number of aromatic nitrogens is 1. The van der Waals surface area contributed by atoms with E-state index in [4.69, 9.17) is 10.2 Å². The number of hydrogen-bond acceptors (Lipinski definition) is 4. The minimum Gasteiger partial charge on any atom is -0.480 e. The summed E-state index contributed by atoms with van der Waals surface area (Å²) in [6.45, 7) is -0.712. The van der Waals surface area contributed by atoms with Gasteiger partial charge >= 0.3 is 5.97 Å². The number of aliphatic carboxylic acids is 1. The van der Waals surface area contributed by atoms with E-state index in [0.29, 0.717) is 10.9 Å². The van der Waals surface area contributed by atoms with Crippen molar-refractivity contribution in [3.8, 4) is 0 Å². The molecule has 1 heterocycles. The molecule has 0 saturated heterocycles. The number of rotatable bonds is 4. The van der Waals surface area contributed by atoms with Gasteiger partial charge in [-0.1, -0.05) is 24.3 Å². The second kappa shape index (κ2) is 6.13. The average Bonchev–Trinajstić information content (AvgIpc) is 2.59. The quantitative estimate of drug-likeness (QED) is 0.530. The zero-order valence-corrected chi connectivity index (χ0v) is 12.4. The predicted octanol–water partition coefficient (Wildman–Crippen LogP) is 0.857. The average molecular weight is 326 g/mol. The highest BCUT2D eigenvalue weighted by atomic mass is 16.4. The van der Waals surface area contributed by atoms with Crippen molar-refractivity contribution in [3.05, 3.63) is 58.4 Å². The van der Waals surface area contributed by atoms with E-state index in [0.717, 1.165) is 10.8 Å². The summed E-state index contributed by atoms with van der Waals surface area (Å²) in [5, 5.41) is 22.2. The van der Waals surface area contributed by atoms with Crippen LogP contribution in [0.1, 0.15) is 10.4 Å². The second-order valence-electron chi connectivity index (χ2n) is 5.31. The molecule has 0 fully saturated rings. The lowest BCUT2D eigenvalue weighted by atomic mass is 10.0. The first-order valence-electron chi connectivity index (χ1n) is 7.20. The number of carboxylic acids is 1. The molecule has 4 N–H and O–H groups in total. The summed E-state index contributed by atoms with van der Waals surface area (Å²) in [7, 11) is 0. The van der Waals surface area contributed by atoms with Gasteiger partial charge < -0.3 is 20.5 Å². The molecule has 0 aliphatic carbocycles. The molecule has 24 heavy (non-hydrogen) atoms. The number of carboxylic acid groups (broad SMARTS) is 1. The second-order valence-corrected chi connectivity index (χ2v) is 5.31. The Morgan fingerprint density at radius 1 is 1.08 bits per heavy atom. The summed E-state index contributed by atoms with van der Waals surface area (Å²) in [4.78, 5) is 37.8. The highest BCUT2D eigenvalue weighted by molar-refractivity contribution is 6.07. The molecular formula is C17H14N2O5. The third kappa shape index (κ3) is 2.72. The lowest BCUT2D eigenvalue weighted by molar-refractivity contribution is -0.140. The zero-order valence-electron chi connectivity index (χ0n) is 12.4. The number of hydrogen-bond donors (Lipinski definition) is 4. The Hall–Kier alpha value is -3.19. The van der Waals surface area contributed by atoms with Crippen LogP contribution in [0.25, 0.3) is 21.7 Å². The van der Waals surface area contributed by atoms with Crippen molar-refractivity contribution in [1.82, 2.24) is 10.3 Å². The van der Waals surface area contributed by atoms with E-state index in [2.05, 4.69) is 10.3 Å². The Morgan fingerprint density at radius 2 is 1.79 bits per heavy atom. The molecule has 7 heteroatoms. The van der Waals surface area contributed by atoms with Gasteiger partial charge in [-0.2, -0.15) is 0 Å². The Morgan fingerprint density at radius 3 is 2.46 bits per heavy atom. The van der Waals surface area contributed by atoms with Gasteiger partial charge in [-0.15, -0.1) is 0 Å². The van der Waals surface area contributed by atoms with Crippen LogP contribution in [0.15, 0.2) is 47.3 Å². The Bertz CT molecular complexity index is 1010. The topological polar surface area (TPSA) is 119 Å². The van der Waals surface area contributed by atoms with Crippen molar-refractivity contribution in [2.45, 2.75) is 6.04 Å². The number of aliphatic hydroxyl groups is 1. The minimum atomic E-state index is -1.39. The molecule has 3 rings (SSSR count). The number of fused-ring (bicyclic) bond motifs is 3. The number of amides is 1. The van der Waals surface area contributed by atoms with Gasteiger partial charge in [-0.25, -0.2) is 4.79 Å².